The molecule has 0 saturated carbocycles. The van der Waals surface area contributed by atoms with Crippen LogP contribution in [0.1, 0.15) is 5.56 Å². The van der Waals surface area contributed by atoms with E-state index in [4.69, 9.17) is 37.4 Å². The molecule has 2 aromatic carbocycles. The number of methoxy groups -OCH3 is 2. The highest BCUT2D eigenvalue weighted by atomic mass is 35.5. The number of phenols is 1. The fraction of sp³-hybridized carbons (Fsp3) is 0.176. The van der Waals surface area contributed by atoms with E-state index >= 15 is 0 Å². The van der Waals surface area contributed by atoms with Crippen molar-refractivity contribution in [3.05, 3.63) is 45.9 Å². The SMILES string of the molecule is COc1cc(/C=N\NC(=O)COc2ccc(Cl)cc2Cl)cc(OC)c1O. The number of benzene rings is 2. The number of rotatable bonds is 7. The van der Waals surface area contributed by atoms with Crippen LogP contribution in [-0.4, -0.2) is 38.1 Å². The molecule has 0 fully saturated rings. The van der Waals surface area contributed by atoms with E-state index in [-0.39, 0.29) is 23.9 Å². The van der Waals surface area contributed by atoms with Gasteiger partial charge in [0.15, 0.2) is 18.1 Å². The minimum Gasteiger partial charge on any atom is -0.502 e. The van der Waals surface area contributed by atoms with Crippen molar-refractivity contribution in [3.63, 3.8) is 0 Å². The number of carbonyl (C=O) groups is 1. The Balaban J connectivity index is 1.94. The molecule has 1 amide bonds. The van der Waals surface area contributed by atoms with Crippen molar-refractivity contribution in [1.29, 1.82) is 0 Å². The van der Waals surface area contributed by atoms with E-state index in [2.05, 4.69) is 10.5 Å². The molecule has 138 valence electrons. The molecule has 2 N–H and O–H groups in total. The maximum absolute atomic E-state index is 11.8. The fourth-order valence-electron chi connectivity index (χ4n) is 1.93. The zero-order valence-corrected chi connectivity index (χ0v) is 15.5. The third-order valence-corrected chi connectivity index (χ3v) is 3.69. The Bertz CT molecular complexity index is 802. The van der Waals surface area contributed by atoms with E-state index in [0.29, 0.717) is 21.4 Å². The molecule has 2 aromatic rings. The largest absolute Gasteiger partial charge is 0.502 e. The molecule has 2 rings (SSSR count). The highest BCUT2D eigenvalue weighted by molar-refractivity contribution is 6.35. The first-order chi connectivity index (χ1) is 12.4. The predicted octanol–water partition coefficient (Wildman–Crippen LogP) is 3.25. The van der Waals surface area contributed by atoms with Crippen molar-refractivity contribution >= 4 is 35.3 Å². The molecule has 7 nitrogen and oxygen atoms in total. The number of nitrogens with zero attached hydrogens (tertiary/aromatic N) is 1. The van der Waals surface area contributed by atoms with Gasteiger partial charge in [-0.25, -0.2) is 5.43 Å². The van der Waals surface area contributed by atoms with Gasteiger partial charge in [0.25, 0.3) is 5.91 Å². The zero-order chi connectivity index (χ0) is 19.1. The van der Waals surface area contributed by atoms with Gasteiger partial charge < -0.3 is 19.3 Å². The Morgan fingerprint density at radius 2 is 1.81 bits per heavy atom. The lowest BCUT2D eigenvalue weighted by Crippen LogP contribution is -2.24. The summed E-state index contributed by atoms with van der Waals surface area (Å²) in [6.07, 6.45) is 1.37. The molecule has 0 aliphatic heterocycles. The van der Waals surface area contributed by atoms with Crippen LogP contribution in [0.5, 0.6) is 23.0 Å². The van der Waals surface area contributed by atoms with Gasteiger partial charge in [-0.3, -0.25) is 4.79 Å². The van der Waals surface area contributed by atoms with Crippen molar-refractivity contribution in [3.8, 4) is 23.0 Å². The summed E-state index contributed by atoms with van der Waals surface area (Å²) in [5.41, 5.74) is 2.87. The van der Waals surface area contributed by atoms with Gasteiger partial charge >= 0.3 is 0 Å². The lowest BCUT2D eigenvalue weighted by Gasteiger charge is -2.09. The average molecular weight is 399 g/mol. The van der Waals surface area contributed by atoms with Crippen molar-refractivity contribution in [2.24, 2.45) is 5.10 Å². The normalized spacial score (nSPS) is 10.6. The average Bonchev–Trinajstić information content (AvgIpc) is 2.62. The van der Waals surface area contributed by atoms with Gasteiger partial charge in [-0.15, -0.1) is 0 Å². The van der Waals surface area contributed by atoms with Gasteiger partial charge in [0.1, 0.15) is 5.75 Å². The summed E-state index contributed by atoms with van der Waals surface area (Å²) in [7, 11) is 2.83. The summed E-state index contributed by atoms with van der Waals surface area (Å²) in [5.74, 6) is 0.174. The molecule has 0 aromatic heterocycles. The van der Waals surface area contributed by atoms with Crippen LogP contribution in [0.25, 0.3) is 0 Å². The molecule has 26 heavy (non-hydrogen) atoms. The van der Waals surface area contributed by atoms with Gasteiger partial charge in [0.2, 0.25) is 5.75 Å². The monoisotopic (exact) mass is 398 g/mol. The third kappa shape index (κ3) is 5.18. The molecule has 0 aliphatic carbocycles. The van der Waals surface area contributed by atoms with Crippen molar-refractivity contribution < 1.29 is 24.1 Å². The van der Waals surface area contributed by atoms with E-state index < -0.39 is 5.91 Å². The van der Waals surface area contributed by atoms with Crippen LogP contribution >= 0.6 is 23.2 Å². The lowest BCUT2D eigenvalue weighted by atomic mass is 10.2. The van der Waals surface area contributed by atoms with Gasteiger partial charge in [-0.05, 0) is 30.3 Å². The van der Waals surface area contributed by atoms with Gasteiger partial charge in [0, 0.05) is 10.6 Å². The van der Waals surface area contributed by atoms with Crippen LogP contribution in [0, 0.1) is 0 Å². The number of amides is 1. The summed E-state index contributed by atoms with van der Waals surface area (Å²) < 4.78 is 15.4. The van der Waals surface area contributed by atoms with Crippen LogP contribution in [-0.2, 0) is 4.79 Å². The quantitative estimate of drug-likeness (QED) is 0.551. The number of carbonyl (C=O) groups excluding carboxylic acids is 1. The first-order valence-electron chi connectivity index (χ1n) is 7.29. The summed E-state index contributed by atoms with van der Waals surface area (Å²) in [6.45, 7) is -0.277. The molecule has 9 heteroatoms. The number of halogens is 2. The molecule has 0 saturated heterocycles. The Hall–Kier alpha value is -2.64. The van der Waals surface area contributed by atoms with Crippen LogP contribution in [0.15, 0.2) is 35.4 Å². The third-order valence-electron chi connectivity index (χ3n) is 3.16. The highest BCUT2D eigenvalue weighted by Crippen LogP contribution is 2.36. The molecule has 0 atom stereocenters. The maximum atomic E-state index is 11.8. The minimum atomic E-state index is -0.482. The Morgan fingerprint density at radius 1 is 1.15 bits per heavy atom. The molecular formula is C17H16Cl2N2O5. The smallest absolute Gasteiger partial charge is 0.277 e. The van der Waals surface area contributed by atoms with E-state index in [1.54, 1.807) is 12.1 Å². The second-order valence-electron chi connectivity index (χ2n) is 4.93. The second kappa shape index (κ2) is 9.17. The van der Waals surface area contributed by atoms with E-state index in [0.717, 1.165) is 0 Å². The van der Waals surface area contributed by atoms with Gasteiger partial charge in [0.05, 0.1) is 25.5 Å². The molecule has 0 aliphatic rings. The molecule has 0 unspecified atom stereocenters. The Labute approximate surface area is 160 Å². The maximum Gasteiger partial charge on any atom is 0.277 e. The zero-order valence-electron chi connectivity index (χ0n) is 14.0. The number of hydrogen-bond acceptors (Lipinski definition) is 6. The molecule has 0 radical (unpaired) electrons. The lowest BCUT2D eigenvalue weighted by molar-refractivity contribution is -0.123. The van der Waals surface area contributed by atoms with Crippen molar-refractivity contribution in [2.45, 2.75) is 0 Å². The Kier molecular flexibility index (Phi) is 6.94. The summed E-state index contributed by atoms with van der Waals surface area (Å²) in [6, 6.07) is 7.76. The van der Waals surface area contributed by atoms with Crippen molar-refractivity contribution in [1.82, 2.24) is 5.43 Å². The van der Waals surface area contributed by atoms with Crippen LogP contribution < -0.4 is 19.6 Å². The first-order valence-corrected chi connectivity index (χ1v) is 8.05. The molecular weight excluding hydrogens is 383 g/mol. The summed E-state index contributed by atoms with van der Waals surface area (Å²) in [5, 5.41) is 14.4. The number of hydrogen-bond donors (Lipinski definition) is 2. The summed E-state index contributed by atoms with van der Waals surface area (Å²) in [4.78, 5) is 11.8. The molecule has 0 bridgehead atoms. The van der Waals surface area contributed by atoms with Gasteiger partial charge in [-0.2, -0.15) is 5.10 Å². The number of nitrogens with one attached hydrogen (secondary N) is 1. The highest BCUT2D eigenvalue weighted by Gasteiger charge is 2.10. The number of phenolic OH excluding ortho intramolecular Hbond substituents is 1. The second-order valence-corrected chi connectivity index (χ2v) is 5.77. The van der Waals surface area contributed by atoms with Crippen molar-refractivity contribution in [2.75, 3.05) is 20.8 Å². The topological polar surface area (TPSA) is 89.4 Å². The fourth-order valence-corrected chi connectivity index (χ4v) is 2.40. The van der Waals surface area contributed by atoms with Crippen LogP contribution in [0.4, 0.5) is 0 Å². The summed E-state index contributed by atoms with van der Waals surface area (Å²) >= 11 is 11.7. The molecule has 0 spiro atoms. The minimum absolute atomic E-state index is 0.121. The molecule has 0 heterocycles. The number of ether oxygens (including phenoxy) is 3. The van der Waals surface area contributed by atoms with Crippen LogP contribution in [0.2, 0.25) is 10.0 Å². The predicted molar refractivity (Wildman–Crippen MR) is 98.9 cm³/mol. The first kappa shape index (κ1) is 19.7. The van der Waals surface area contributed by atoms with E-state index in [9.17, 15) is 9.90 Å². The van der Waals surface area contributed by atoms with Gasteiger partial charge in [-0.1, -0.05) is 23.2 Å². The number of hydrazone groups is 1. The number of aromatic hydroxyl groups is 1. The standard InChI is InChI=1S/C17H16Cl2N2O5/c1-24-14-5-10(6-15(25-2)17(14)23)8-20-21-16(22)9-26-13-4-3-11(18)7-12(13)19/h3-8,23H,9H2,1-2H3,(H,21,22)/b20-8-. The van der Waals surface area contributed by atoms with Crippen LogP contribution in [0.3, 0.4) is 0 Å². The van der Waals surface area contributed by atoms with E-state index in [1.807, 2.05) is 0 Å². The Morgan fingerprint density at radius 3 is 2.38 bits per heavy atom. The van der Waals surface area contributed by atoms with E-state index in [1.165, 1.54) is 38.6 Å².